The van der Waals surface area contributed by atoms with E-state index in [1.54, 1.807) is 18.5 Å². The van der Waals surface area contributed by atoms with Gasteiger partial charge in [-0.15, -0.1) is 0 Å². The fourth-order valence-electron chi connectivity index (χ4n) is 3.52. The number of amides is 1. The average Bonchev–Trinajstić information content (AvgIpc) is 3.24. The first kappa shape index (κ1) is 23.1. The third kappa shape index (κ3) is 4.40. The number of ether oxygens (including phenoxy) is 2. The lowest BCUT2D eigenvalue weighted by Gasteiger charge is -2.20. The van der Waals surface area contributed by atoms with Crippen LogP contribution in [0, 0.1) is 24.0 Å². The molecule has 4 aromatic rings. The number of carbonyl (C=O) groups excluding carboxylic acids is 1. The van der Waals surface area contributed by atoms with Crippen molar-refractivity contribution in [1.82, 2.24) is 9.97 Å². The zero-order valence-corrected chi connectivity index (χ0v) is 19.9. The minimum atomic E-state index is -0.609. The van der Waals surface area contributed by atoms with Crippen LogP contribution >= 0.6 is 11.3 Å². The number of fused-ring (bicyclic) bond motifs is 1. The Hall–Kier alpha value is -4.05. The number of anilines is 1. The fraction of sp³-hybridized carbons (Fsp3) is 0.208. The van der Waals surface area contributed by atoms with E-state index in [0.717, 1.165) is 26.9 Å². The van der Waals surface area contributed by atoms with Crippen LogP contribution in [0.1, 0.15) is 27.0 Å². The van der Waals surface area contributed by atoms with Gasteiger partial charge in [0.2, 0.25) is 0 Å². The smallest absolute Gasteiger partial charge is 0.286 e. The summed E-state index contributed by atoms with van der Waals surface area (Å²) in [7, 11) is 2.78. The number of hydrogen-bond acceptors (Lipinski definition) is 8. The summed E-state index contributed by atoms with van der Waals surface area (Å²) < 4.78 is 11.4. The average molecular weight is 479 g/mol. The van der Waals surface area contributed by atoms with Crippen LogP contribution in [-0.4, -0.2) is 35.0 Å². The van der Waals surface area contributed by atoms with E-state index in [1.165, 1.54) is 42.6 Å². The van der Waals surface area contributed by atoms with Crippen molar-refractivity contribution < 1.29 is 19.2 Å². The Morgan fingerprint density at radius 3 is 2.47 bits per heavy atom. The SMILES string of the molecule is COc1cc(C(=O)N(Cc2cccnc2)c2nc3cc(C)c(C)cc3s2)c([N+](=O)[O-])cc1OC. The summed E-state index contributed by atoms with van der Waals surface area (Å²) in [5, 5.41) is 12.3. The molecule has 0 spiro atoms. The molecule has 2 heterocycles. The summed E-state index contributed by atoms with van der Waals surface area (Å²) >= 11 is 1.35. The number of benzene rings is 2. The quantitative estimate of drug-likeness (QED) is 0.269. The second kappa shape index (κ2) is 9.44. The van der Waals surface area contributed by atoms with Gasteiger partial charge < -0.3 is 9.47 Å². The molecule has 34 heavy (non-hydrogen) atoms. The van der Waals surface area contributed by atoms with Crippen molar-refractivity contribution >= 4 is 38.3 Å². The van der Waals surface area contributed by atoms with Gasteiger partial charge in [-0.05, 0) is 48.7 Å². The summed E-state index contributed by atoms with van der Waals surface area (Å²) in [6, 6.07) is 10.1. The molecule has 2 aromatic heterocycles. The highest BCUT2D eigenvalue weighted by Crippen LogP contribution is 2.37. The molecule has 0 aliphatic rings. The number of thiazole rings is 1. The van der Waals surface area contributed by atoms with Gasteiger partial charge in [-0.1, -0.05) is 17.4 Å². The molecule has 0 bridgehead atoms. The minimum Gasteiger partial charge on any atom is -0.493 e. The molecular formula is C24H22N4O5S. The Kier molecular flexibility index (Phi) is 6.42. The molecular weight excluding hydrogens is 456 g/mol. The van der Waals surface area contributed by atoms with Crippen molar-refractivity contribution in [3.8, 4) is 11.5 Å². The lowest BCUT2D eigenvalue weighted by atomic mass is 10.1. The largest absolute Gasteiger partial charge is 0.493 e. The lowest BCUT2D eigenvalue weighted by molar-refractivity contribution is -0.385. The number of methoxy groups -OCH3 is 2. The zero-order valence-electron chi connectivity index (χ0n) is 19.1. The maximum Gasteiger partial charge on any atom is 0.286 e. The van der Waals surface area contributed by atoms with E-state index < -0.39 is 10.8 Å². The van der Waals surface area contributed by atoms with E-state index in [4.69, 9.17) is 9.47 Å². The number of aryl methyl sites for hydroxylation is 2. The highest BCUT2D eigenvalue weighted by molar-refractivity contribution is 7.22. The van der Waals surface area contributed by atoms with Crippen LogP contribution in [0.5, 0.6) is 11.5 Å². The van der Waals surface area contributed by atoms with E-state index in [-0.39, 0.29) is 29.3 Å². The van der Waals surface area contributed by atoms with Crippen molar-refractivity contribution in [3.63, 3.8) is 0 Å². The normalized spacial score (nSPS) is 10.8. The van der Waals surface area contributed by atoms with Crippen molar-refractivity contribution in [2.24, 2.45) is 0 Å². The van der Waals surface area contributed by atoms with Gasteiger partial charge in [-0.2, -0.15) is 0 Å². The van der Waals surface area contributed by atoms with Crippen LogP contribution in [-0.2, 0) is 6.54 Å². The Bertz CT molecular complexity index is 1350. The third-order valence-electron chi connectivity index (χ3n) is 5.46. The molecule has 1 amide bonds. The van der Waals surface area contributed by atoms with Crippen molar-refractivity contribution in [2.45, 2.75) is 20.4 Å². The predicted molar refractivity (Wildman–Crippen MR) is 130 cm³/mol. The second-order valence-corrected chi connectivity index (χ2v) is 8.64. The number of hydrogen-bond donors (Lipinski definition) is 0. The number of nitrogens with zero attached hydrogens (tertiary/aromatic N) is 4. The first-order valence-electron chi connectivity index (χ1n) is 10.3. The van der Waals surface area contributed by atoms with Crippen molar-refractivity contribution in [1.29, 1.82) is 0 Å². The number of pyridine rings is 1. The Balaban J connectivity index is 1.87. The number of nitro benzene ring substituents is 1. The molecule has 4 rings (SSSR count). The minimum absolute atomic E-state index is 0.127. The number of carbonyl (C=O) groups is 1. The summed E-state index contributed by atoms with van der Waals surface area (Å²) in [6.45, 7) is 4.15. The standard InChI is InChI=1S/C24H22N4O5S/c1-14-8-18-22(9-15(14)2)34-24(26-18)27(13-16-6-5-7-25-12-16)23(29)17-10-20(32-3)21(33-4)11-19(17)28(30)31/h5-12H,13H2,1-4H3. The molecule has 0 unspecified atom stereocenters. The van der Waals surface area contributed by atoms with E-state index in [2.05, 4.69) is 9.97 Å². The predicted octanol–water partition coefficient (Wildman–Crippen LogP) is 5.08. The molecule has 0 N–H and O–H groups in total. The number of aromatic nitrogens is 2. The summed E-state index contributed by atoms with van der Waals surface area (Å²) in [5.74, 6) is -0.201. The van der Waals surface area contributed by atoms with Crippen molar-refractivity contribution in [3.05, 3.63) is 81.2 Å². The van der Waals surface area contributed by atoms with Gasteiger partial charge in [0.1, 0.15) is 5.56 Å². The molecule has 174 valence electrons. The Morgan fingerprint density at radius 1 is 1.12 bits per heavy atom. The molecule has 9 nitrogen and oxygen atoms in total. The fourth-order valence-corrected chi connectivity index (χ4v) is 4.56. The van der Waals surface area contributed by atoms with Gasteiger partial charge >= 0.3 is 0 Å². The van der Waals surface area contributed by atoms with Gasteiger partial charge in [0.15, 0.2) is 16.6 Å². The summed E-state index contributed by atoms with van der Waals surface area (Å²) in [6.07, 6.45) is 3.28. The summed E-state index contributed by atoms with van der Waals surface area (Å²) in [4.78, 5) is 35.3. The maximum absolute atomic E-state index is 13.8. The van der Waals surface area contributed by atoms with E-state index in [9.17, 15) is 14.9 Å². The van der Waals surface area contributed by atoms with E-state index in [1.807, 2.05) is 32.0 Å². The molecule has 0 atom stereocenters. The Labute approximate surface area is 199 Å². The molecule has 2 aromatic carbocycles. The molecule has 10 heteroatoms. The molecule has 0 aliphatic heterocycles. The lowest BCUT2D eigenvalue weighted by Crippen LogP contribution is -2.31. The van der Waals surface area contributed by atoms with Gasteiger partial charge in [0.05, 0.1) is 42.0 Å². The molecule has 0 saturated carbocycles. The molecule has 0 radical (unpaired) electrons. The van der Waals surface area contributed by atoms with Crippen LogP contribution in [0.2, 0.25) is 0 Å². The van der Waals surface area contributed by atoms with E-state index in [0.29, 0.717) is 5.13 Å². The Morgan fingerprint density at radius 2 is 1.82 bits per heavy atom. The third-order valence-corrected chi connectivity index (χ3v) is 6.50. The molecule has 0 fully saturated rings. The van der Waals surface area contributed by atoms with Gasteiger partial charge in [-0.25, -0.2) is 4.98 Å². The van der Waals surface area contributed by atoms with Crippen LogP contribution < -0.4 is 14.4 Å². The number of rotatable bonds is 7. The van der Waals surface area contributed by atoms with Crippen LogP contribution in [0.4, 0.5) is 10.8 Å². The first-order chi connectivity index (χ1) is 16.3. The molecule has 0 saturated heterocycles. The highest BCUT2D eigenvalue weighted by atomic mass is 32.1. The zero-order chi connectivity index (χ0) is 24.4. The van der Waals surface area contributed by atoms with Crippen molar-refractivity contribution in [2.75, 3.05) is 19.1 Å². The maximum atomic E-state index is 13.8. The topological polar surface area (TPSA) is 108 Å². The van der Waals surface area contributed by atoms with Crippen LogP contribution in [0.25, 0.3) is 10.2 Å². The van der Waals surface area contributed by atoms with E-state index >= 15 is 0 Å². The molecule has 0 aliphatic carbocycles. The summed E-state index contributed by atoms with van der Waals surface area (Å²) in [5.41, 5.74) is 3.21. The number of nitro groups is 1. The first-order valence-corrected chi connectivity index (χ1v) is 11.1. The van der Waals surface area contributed by atoms with Gasteiger partial charge in [0.25, 0.3) is 11.6 Å². The monoisotopic (exact) mass is 478 g/mol. The van der Waals surface area contributed by atoms with Crippen LogP contribution in [0.15, 0.2) is 48.8 Å². The van der Waals surface area contributed by atoms with Gasteiger partial charge in [-0.3, -0.25) is 24.8 Å². The van der Waals surface area contributed by atoms with Gasteiger partial charge in [0, 0.05) is 18.5 Å². The second-order valence-electron chi connectivity index (χ2n) is 7.63. The van der Waals surface area contributed by atoms with Crippen LogP contribution in [0.3, 0.4) is 0 Å². The highest BCUT2D eigenvalue weighted by Gasteiger charge is 2.30.